The summed E-state index contributed by atoms with van der Waals surface area (Å²) in [5.74, 6) is 1.86. The van der Waals surface area contributed by atoms with Crippen LogP contribution in [-0.4, -0.2) is 12.7 Å². The van der Waals surface area contributed by atoms with Crippen LogP contribution in [-0.2, 0) is 13.0 Å². The number of benzene rings is 1. The first kappa shape index (κ1) is 13.1. The monoisotopic (exact) mass is 243 g/mol. The zero-order valence-corrected chi connectivity index (χ0v) is 10.5. The van der Waals surface area contributed by atoms with Gasteiger partial charge in [-0.1, -0.05) is 0 Å². The Morgan fingerprint density at radius 1 is 1.50 bits per heavy atom. The molecule has 16 heavy (non-hydrogen) atoms. The zero-order valence-electron chi connectivity index (χ0n) is 9.66. The summed E-state index contributed by atoms with van der Waals surface area (Å²) in [7, 11) is 0. The Bertz CT molecular complexity index is 368. The highest BCUT2D eigenvalue weighted by atomic mass is 35.5. The van der Waals surface area contributed by atoms with Gasteiger partial charge < -0.3 is 15.2 Å². The Morgan fingerprint density at radius 2 is 2.25 bits per heavy atom. The minimum Gasteiger partial charge on any atom is -0.494 e. The van der Waals surface area contributed by atoms with Crippen LogP contribution in [0.15, 0.2) is 12.1 Å². The second-order valence-electron chi connectivity index (χ2n) is 3.84. The number of hydrogen-bond acceptors (Lipinski definition) is 3. The SMILES string of the molecule is CCOc1cc2c(cc1CN)OC(C)C2.Cl. The van der Waals surface area contributed by atoms with Crippen molar-refractivity contribution in [3.8, 4) is 11.5 Å². The number of halogens is 1. The van der Waals surface area contributed by atoms with Gasteiger partial charge in [0.15, 0.2) is 0 Å². The lowest BCUT2D eigenvalue weighted by Gasteiger charge is -2.10. The average molecular weight is 244 g/mol. The Kier molecular flexibility index (Phi) is 4.44. The van der Waals surface area contributed by atoms with Crippen molar-refractivity contribution in [2.24, 2.45) is 5.73 Å². The van der Waals surface area contributed by atoms with Gasteiger partial charge in [-0.25, -0.2) is 0 Å². The Balaban J connectivity index is 0.00000128. The molecule has 1 unspecified atom stereocenters. The summed E-state index contributed by atoms with van der Waals surface area (Å²) in [6.07, 6.45) is 1.22. The van der Waals surface area contributed by atoms with Crippen LogP contribution < -0.4 is 15.2 Å². The lowest BCUT2D eigenvalue weighted by atomic mass is 10.1. The van der Waals surface area contributed by atoms with E-state index >= 15 is 0 Å². The molecule has 0 spiro atoms. The van der Waals surface area contributed by atoms with Crippen molar-refractivity contribution in [1.82, 2.24) is 0 Å². The van der Waals surface area contributed by atoms with Crippen LogP contribution in [0.4, 0.5) is 0 Å². The first-order chi connectivity index (χ1) is 7.24. The molecule has 0 aromatic heterocycles. The normalized spacial score (nSPS) is 17.3. The van der Waals surface area contributed by atoms with Gasteiger partial charge >= 0.3 is 0 Å². The zero-order chi connectivity index (χ0) is 10.8. The van der Waals surface area contributed by atoms with Crippen LogP contribution in [0, 0.1) is 0 Å². The number of hydrogen-bond donors (Lipinski definition) is 1. The van der Waals surface area contributed by atoms with Crippen molar-refractivity contribution in [2.45, 2.75) is 32.9 Å². The van der Waals surface area contributed by atoms with Crippen LogP contribution in [0.5, 0.6) is 11.5 Å². The highest BCUT2D eigenvalue weighted by molar-refractivity contribution is 5.85. The molecule has 0 saturated heterocycles. The third kappa shape index (κ3) is 2.42. The van der Waals surface area contributed by atoms with Crippen LogP contribution in [0.1, 0.15) is 25.0 Å². The second-order valence-corrected chi connectivity index (χ2v) is 3.84. The summed E-state index contributed by atoms with van der Waals surface area (Å²) < 4.78 is 11.2. The predicted molar refractivity (Wildman–Crippen MR) is 66.5 cm³/mol. The highest BCUT2D eigenvalue weighted by Crippen LogP contribution is 2.34. The summed E-state index contributed by atoms with van der Waals surface area (Å²) in [4.78, 5) is 0. The maximum absolute atomic E-state index is 5.67. The smallest absolute Gasteiger partial charge is 0.124 e. The van der Waals surface area contributed by atoms with Gasteiger partial charge in [-0.15, -0.1) is 12.4 Å². The third-order valence-corrected chi connectivity index (χ3v) is 2.60. The molecule has 4 heteroatoms. The fourth-order valence-electron chi connectivity index (χ4n) is 1.93. The van der Waals surface area contributed by atoms with Gasteiger partial charge in [0.2, 0.25) is 0 Å². The van der Waals surface area contributed by atoms with Crippen molar-refractivity contribution in [3.63, 3.8) is 0 Å². The highest BCUT2D eigenvalue weighted by Gasteiger charge is 2.21. The van der Waals surface area contributed by atoms with E-state index in [0.29, 0.717) is 13.2 Å². The van der Waals surface area contributed by atoms with Crippen LogP contribution in [0.3, 0.4) is 0 Å². The van der Waals surface area contributed by atoms with Gasteiger partial charge in [-0.3, -0.25) is 0 Å². The Labute approximate surface area is 102 Å². The van der Waals surface area contributed by atoms with Crippen molar-refractivity contribution in [3.05, 3.63) is 23.3 Å². The van der Waals surface area contributed by atoms with E-state index in [9.17, 15) is 0 Å². The van der Waals surface area contributed by atoms with E-state index in [0.717, 1.165) is 23.5 Å². The van der Waals surface area contributed by atoms with E-state index in [-0.39, 0.29) is 18.5 Å². The summed E-state index contributed by atoms with van der Waals surface area (Å²) in [5, 5.41) is 0. The van der Waals surface area contributed by atoms with Gasteiger partial charge in [0.25, 0.3) is 0 Å². The number of nitrogens with two attached hydrogens (primary N) is 1. The summed E-state index contributed by atoms with van der Waals surface area (Å²) in [6.45, 7) is 5.21. The largest absolute Gasteiger partial charge is 0.494 e. The summed E-state index contributed by atoms with van der Waals surface area (Å²) in [6, 6.07) is 4.06. The molecule has 1 aromatic rings. The molecule has 2 N–H and O–H groups in total. The average Bonchev–Trinajstić information content (AvgIpc) is 2.56. The molecule has 2 rings (SSSR count). The maximum Gasteiger partial charge on any atom is 0.124 e. The third-order valence-electron chi connectivity index (χ3n) is 2.60. The van der Waals surface area contributed by atoms with Crippen LogP contribution in [0.25, 0.3) is 0 Å². The molecular formula is C12H18ClNO2. The van der Waals surface area contributed by atoms with Gasteiger partial charge in [0.05, 0.1) is 6.61 Å². The molecule has 0 fully saturated rings. The van der Waals surface area contributed by atoms with Crippen molar-refractivity contribution >= 4 is 12.4 Å². The van der Waals surface area contributed by atoms with E-state index in [1.54, 1.807) is 0 Å². The molecule has 0 amide bonds. The Hall–Kier alpha value is -0.930. The van der Waals surface area contributed by atoms with Crippen molar-refractivity contribution < 1.29 is 9.47 Å². The molecule has 90 valence electrons. The molecule has 1 heterocycles. The molecule has 0 aliphatic carbocycles. The summed E-state index contributed by atoms with van der Waals surface area (Å²) >= 11 is 0. The minimum atomic E-state index is 0. The lowest BCUT2D eigenvalue weighted by Crippen LogP contribution is -2.05. The molecular weight excluding hydrogens is 226 g/mol. The van der Waals surface area contributed by atoms with Gasteiger partial charge in [-0.05, 0) is 26.0 Å². The molecule has 1 aliphatic rings. The molecule has 1 aromatic carbocycles. The number of fused-ring (bicyclic) bond motifs is 1. The van der Waals surface area contributed by atoms with E-state index < -0.39 is 0 Å². The molecule has 0 radical (unpaired) electrons. The molecule has 0 saturated carbocycles. The van der Waals surface area contributed by atoms with Crippen molar-refractivity contribution in [1.29, 1.82) is 0 Å². The van der Waals surface area contributed by atoms with Crippen molar-refractivity contribution in [2.75, 3.05) is 6.61 Å². The summed E-state index contributed by atoms with van der Waals surface area (Å²) in [5.41, 5.74) is 7.92. The second kappa shape index (κ2) is 5.41. The standard InChI is InChI=1S/C12H17NO2.ClH/c1-3-14-11-5-9-4-8(2)15-12(9)6-10(11)7-13;/h5-6,8H,3-4,7,13H2,1-2H3;1H. The van der Waals surface area contributed by atoms with Crippen LogP contribution >= 0.6 is 12.4 Å². The molecule has 1 aliphatic heterocycles. The first-order valence-corrected chi connectivity index (χ1v) is 5.40. The van der Waals surface area contributed by atoms with Crippen LogP contribution in [0.2, 0.25) is 0 Å². The molecule has 3 nitrogen and oxygen atoms in total. The maximum atomic E-state index is 5.67. The lowest BCUT2D eigenvalue weighted by molar-refractivity contribution is 0.254. The van der Waals surface area contributed by atoms with E-state index in [4.69, 9.17) is 15.2 Å². The number of rotatable bonds is 3. The quantitative estimate of drug-likeness (QED) is 0.886. The van der Waals surface area contributed by atoms with Gasteiger partial charge in [0.1, 0.15) is 17.6 Å². The van der Waals surface area contributed by atoms with Gasteiger partial charge in [-0.2, -0.15) is 0 Å². The minimum absolute atomic E-state index is 0. The van der Waals surface area contributed by atoms with E-state index in [1.807, 2.05) is 13.0 Å². The molecule has 1 atom stereocenters. The fourth-order valence-corrected chi connectivity index (χ4v) is 1.93. The van der Waals surface area contributed by atoms with E-state index in [1.165, 1.54) is 5.56 Å². The molecule has 0 bridgehead atoms. The Morgan fingerprint density at radius 3 is 2.88 bits per heavy atom. The predicted octanol–water partition coefficient (Wildman–Crippen LogP) is 2.29. The fraction of sp³-hybridized carbons (Fsp3) is 0.500. The van der Waals surface area contributed by atoms with E-state index in [2.05, 4.69) is 13.0 Å². The topological polar surface area (TPSA) is 44.5 Å². The van der Waals surface area contributed by atoms with Gasteiger partial charge in [0, 0.05) is 24.1 Å². The number of ether oxygens (including phenoxy) is 2. The first-order valence-electron chi connectivity index (χ1n) is 5.40.